The second-order valence-electron chi connectivity index (χ2n) is 20.5. The Balaban J connectivity index is 0.000000601. The van der Waals surface area contributed by atoms with E-state index in [0.717, 1.165) is 96.3 Å². The molecule has 438 valence electrons. The van der Waals surface area contributed by atoms with Gasteiger partial charge in [0.1, 0.15) is 0 Å². The van der Waals surface area contributed by atoms with Gasteiger partial charge in [-0.25, -0.2) is 28.8 Å². The van der Waals surface area contributed by atoms with Gasteiger partial charge in [-0.15, -0.1) is 0 Å². The summed E-state index contributed by atoms with van der Waals surface area (Å²) >= 11 is 0. The van der Waals surface area contributed by atoms with Crippen molar-refractivity contribution in [3.8, 4) is 0 Å². The highest BCUT2D eigenvalue weighted by atomic mass is 16.6. The number of benzene rings is 3. The van der Waals surface area contributed by atoms with Crippen molar-refractivity contribution in [1.29, 1.82) is 0 Å². The van der Waals surface area contributed by atoms with Crippen LogP contribution in [-0.4, -0.2) is 75.5 Å². The zero-order valence-corrected chi connectivity index (χ0v) is 49.8. The van der Waals surface area contributed by atoms with Gasteiger partial charge in [0.25, 0.3) is 0 Å². The normalized spacial score (nSPS) is 11.8. The lowest BCUT2D eigenvalue weighted by Gasteiger charge is -2.17. The summed E-state index contributed by atoms with van der Waals surface area (Å²) in [5, 5.41) is 0. The molecule has 12 heteroatoms. The molecule has 3 aromatic carbocycles. The van der Waals surface area contributed by atoms with Gasteiger partial charge in [0.05, 0.1) is 73.0 Å². The second kappa shape index (κ2) is 46.4. The van der Waals surface area contributed by atoms with Crippen LogP contribution in [0.2, 0.25) is 0 Å². The van der Waals surface area contributed by atoms with Crippen LogP contribution in [0.5, 0.6) is 0 Å². The van der Waals surface area contributed by atoms with E-state index >= 15 is 0 Å². The SMILES string of the molecule is CCCCCC(CCC)COC(=O)c1cccc(C(=O)OCC(CCC)CCCCC)c1.CCCCCC(CCC)COC(=O)c1cccc(C(=O)OCCCC)c1.CCCCOC(=O)c1cccc(C(=O)OCCCC)c1. The minimum atomic E-state index is -0.401. The number of hydrogen-bond acceptors (Lipinski definition) is 12. The van der Waals surface area contributed by atoms with Crippen LogP contribution in [-0.2, 0) is 28.4 Å². The fourth-order valence-corrected chi connectivity index (χ4v) is 8.53. The van der Waals surface area contributed by atoms with Crippen LogP contribution in [0.4, 0.5) is 0 Å². The van der Waals surface area contributed by atoms with E-state index in [1.807, 2.05) is 20.8 Å². The van der Waals surface area contributed by atoms with Gasteiger partial charge in [-0.3, -0.25) is 0 Å². The molecule has 0 fully saturated rings. The third-order valence-electron chi connectivity index (χ3n) is 13.3. The van der Waals surface area contributed by atoms with Gasteiger partial charge in [0, 0.05) is 0 Å². The molecule has 0 aromatic heterocycles. The minimum absolute atomic E-state index is 0.361. The standard InChI is InChI=1S/C28H46O4.C22H34O4.C16H22O4/c1-5-9-11-16-23(14-7-3)21-31-27(29)25-18-13-19-26(20-25)28(30)32-22-24(15-8-4)17-12-10-6-2;1-4-7-9-12-18(11-6-3)17-26-22(24)20-14-10-13-19(16-20)21(23)25-15-8-5-2;1-3-5-10-19-15(17)13-8-7-9-14(12-13)16(18)20-11-6-4-2/h13,18-20,23-24H,5-12,14-17,21-22H2,1-4H3;10,13-14,16,18H,4-9,11-12,15,17H2,1-3H3;7-9,12H,3-6,10-11H2,1-2H3. The Kier molecular flexibility index (Phi) is 41.9. The number of rotatable bonds is 39. The second-order valence-corrected chi connectivity index (χ2v) is 20.5. The summed E-state index contributed by atoms with van der Waals surface area (Å²) in [7, 11) is 0. The summed E-state index contributed by atoms with van der Waals surface area (Å²) < 4.78 is 32.1. The van der Waals surface area contributed by atoms with Crippen LogP contribution in [0, 0.1) is 17.8 Å². The monoisotopic (exact) mass is 1090 g/mol. The Labute approximate surface area is 471 Å². The van der Waals surface area contributed by atoms with Crippen molar-refractivity contribution in [2.75, 3.05) is 39.6 Å². The molecule has 12 nitrogen and oxygen atoms in total. The first-order valence-electron chi connectivity index (χ1n) is 30.2. The van der Waals surface area contributed by atoms with Gasteiger partial charge in [-0.1, -0.05) is 177 Å². The molecule has 0 aliphatic rings. The molecule has 3 rings (SSSR count). The van der Waals surface area contributed by atoms with Crippen molar-refractivity contribution < 1.29 is 57.2 Å². The average Bonchev–Trinajstić information content (AvgIpc) is 3.46. The van der Waals surface area contributed by atoms with Crippen LogP contribution in [0.3, 0.4) is 0 Å². The summed E-state index contributed by atoms with van der Waals surface area (Å²) in [6.45, 7) is 21.7. The van der Waals surface area contributed by atoms with Crippen molar-refractivity contribution in [2.45, 2.75) is 216 Å². The van der Waals surface area contributed by atoms with Crippen LogP contribution in [0.1, 0.15) is 279 Å². The first kappa shape index (κ1) is 70.5. The van der Waals surface area contributed by atoms with Crippen LogP contribution >= 0.6 is 0 Å². The molecule has 0 aliphatic carbocycles. The van der Waals surface area contributed by atoms with E-state index in [0.29, 0.717) is 90.8 Å². The maximum Gasteiger partial charge on any atom is 0.338 e. The van der Waals surface area contributed by atoms with Gasteiger partial charge in [-0.05, 0) is 130 Å². The third kappa shape index (κ3) is 32.4. The first-order chi connectivity index (χ1) is 37.9. The minimum Gasteiger partial charge on any atom is -0.462 e. The maximum absolute atomic E-state index is 12.6. The van der Waals surface area contributed by atoms with E-state index in [1.165, 1.54) is 63.9 Å². The molecule has 0 spiro atoms. The van der Waals surface area contributed by atoms with E-state index in [4.69, 9.17) is 28.4 Å². The third-order valence-corrected chi connectivity index (χ3v) is 13.3. The zero-order valence-electron chi connectivity index (χ0n) is 49.8. The predicted octanol–water partition coefficient (Wildman–Crippen LogP) is 17.4. The zero-order chi connectivity index (χ0) is 57.6. The molecule has 0 N–H and O–H groups in total. The van der Waals surface area contributed by atoms with Crippen molar-refractivity contribution in [2.24, 2.45) is 17.8 Å². The van der Waals surface area contributed by atoms with Crippen molar-refractivity contribution in [3.05, 3.63) is 106 Å². The number of carbonyl (C=O) groups is 6. The van der Waals surface area contributed by atoms with Crippen molar-refractivity contribution in [3.63, 3.8) is 0 Å². The van der Waals surface area contributed by atoms with Crippen molar-refractivity contribution >= 4 is 35.8 Å². The Bertz CT molecular complexity index is 1990. The molecular weight excluding hydrogens is 985 g/mol. The molecule has 0 radical (unpaired) electrons. The molecule has 78 heavy (non-hydrogen) atoms. The number of ether oxygens (including phenoxy) is 6. The van der Waals surface area contributed by atoms with Crippen LogP contribution < -0.4 is 0 Å². The fraction of sp³-hybridized carbons (Fsp3) is 0.636. The van der Waals surface area contributed by atoms with Gasteiger partial charge in [0.15, 0.2) is 0 Å². The number of esters is 6. The molecular formula is C66H102O12. The summed E-state index contributed by atoms with van der Waals surface area (Å²) in [5.41, 5.74) is 2.38. The lowest BCUT2D eigenvalue weighted by atomic mass is 9.97. The Hall–Kier alpha value is -5.52. The predicted molar refractivity (Wildman–Crippen MR) is 313 cm³/mol. The Morgan fingerprint density at radius 1 is 0.282 bits per heavy atom. The number of unbranched alkanes of at least 4 members (excludes halogenated alkanes) is 9. The Morgan fingerprint density at radius 3 is 0.705 bits per heavy atom. The van der Waals surface area contributed by atoms with Crippen LogP contribution in [0.25, 0.3) is 0 Å². The number of carbonyl (C=O) groups excluding carboxylic acids is 6. The fourth-order valence-electron chi connectivity index (χ4n) is 8.53. The molecule has 0 heterocycles. The van der Waals surface area contributed by atoms with E-state index in [2.05, 4.69) is 41.5 Å². The smallest absolute Gasteiger partial charge is 0.338 e. The molecule has 0 saturated heterocycles. The number of hydrogen-bond donors (Lipinski definition) is 0. The highest BCUT2D eigenvalue weighted by molar-refractivity contribution is 5.97. The molecule has 3 atom stereocenters. The van der Waals surface area contributed by atoms with Gasteiger partial charge in [0.2, 0.25) is 0 Å². The maximum atomic E-state index is 12.6. The lowest BCUT2D eigenvalue weighted by molar-refractivity contribution is 0.0409. The quantitative estimate of drug-likeness (QED) is 0.0303. The van der Waals surface area contributed by atoms with Crippen LogP contribution in [0.15, 0.2) is 72.8 Å². The topological polar surface area (TPSA) is 158 Å². The van der Waals surface area contributed by atoms with E-state index in [1.54, 1.807) is 66.7 Å². The molecule has 3 aromatic rings. The largest absolute Gasteiger partial charge is 0.462 e. The highest BCUT2D eigenvalue weighted by Crippen LogP contribution is 2.21. The van der Waals surface area contributed by atoms with E-state index in [-0.39, 0.29) is 17.9 Å². The highest BCUT2D eigenvalue weighted by Gasteiger charge is 2.19. The average molecular weight is 1090 g/mol. The molecule has 0 aliphatic heterocycles. The van der Waals surface area contributed by atoms with Crippen molar-refractivity contribution in [1.82, 2.24) is 0 Å². The summed E-state index contributed by atoms with van der Waals surface area (Å²) in [6.07, 6.45) is 26.0. The lowest BCUT2D eigenvalue weighted by Crippen LogP contribution is -2.16. The summed E-state index contributed by atoms with van der Waals surface area (Å²) in [6, 6.07) is 19.8. The van der Waals surface area contributed by atoms with Gasteiger partial charge in [-0.2, -0.15) is 0 Å². The summed E-state index contributed by atoms with van der Waals surface area (Å²) in [4.78, 5) is 73.1. The van der Waals surface area contributed by atoms with E-state index < -0.39 is 17.9 Å². The van der Waals surface area contributed by atoms with Gasteiger partial charge < -0.3 is 28.4 Å². The van der Waals surface area contributed by atoms with E-state index in [9.17, 15) is 28.8 Å². The molecule has 3 unspecified atom stereocenters. The molecule has 0 saturated carbocycles. The first-order valence-corrected chi connectivity index (χ1v) is 30.2. The molecule has 0 bridgehead atoms. The Morgan fingerprint density at radius 2 is 0.500 bits per heavy atom. The molecule has 0 amide bonds. The van der Waals surface area contributed by atoms with Gasteiger partial charge >= 0.3 is 35.8 Å². The summed E-state index contributed by atoms with van der Waals surface area (Å²) in [5.74, 6) is -1.06.